The first-order chi connectivity index (χ1) is 12.2. The van der Waals surface area contributed by atoms with Crippen LogP contribution in [0.1, 0.15) is 48.7 Å². The largest absolute Gasteiger partial charge is 0.335 e. The number of hydrogen-bond acceptors (Lipinski definition) is 3. The van der Waals surface area contributed by atoms with Crippen LogP contribution >= 0.6 is 0 Å². The van der Waals surface area contributed by atoms with E-state index in [9.17, 15) is 4.79 Å². The zero-order valence-electron chi connectivity index (χ0n) is 14.8. The fraction of sp³-hybridized carbons (Fsp3) is 0.429. The molecule has 1 aromatic heterocycles. The first-order valence-electron chi connectivity index (χ1n) is 9.37. The second-order valence-corrected chi connectivity index (χ2v) is 7.11. The van der Waals surface area contributed by atoms with E-state index in [-0.39, 0.29) is 5.91 Å². The molecule has 1 atom stereocenters. The van der Waals surface area contributed by atoms with Gasteiger partial charge in [0.1, 0.15) is 11.5 Å². The van der Waals surface area contributed by atoms with Gasteiger partial charge in [0, 0.05) is 24.8 Å². The number of carbonyl (C=O) groups excluding carboxylic acids is 1. The van der Waals surface area contributed by atoms with Gasteiger partial charge in [-0.15, -0.1) is 0 Å². The maximum absolute atomic E-state index is 12.9. The van der Waals surface area contributed by atoms with E-state index >= 15 is 0 Å². The number of aryl methyl sites for hydroxylation is 1. The smallest absolute Gasteiger partial charge is 0.272 e. The highest BCUT2D eigenvalue weighted by molar-refractivity contribution is 5.93. The number of pyridine rings is 1. The summed E-state index contributed by atoms with van der Waals surface area (Å²) in [7, 11) is 0. The molecule has 4 heteroatoms. The molecule has 25 heavy (non-hydrogen) atoms. The third-order valence-electron chi connectivity index (χ3n) is 5.40. The number of benzene rings is 1. The predicted octanol–water partition coefficient (Wildman–Crippen LogP) is 4.18. The topological polar surface area (TPSA) is 36.4 Å². The molecule has 4 rings (SSSR count). The minimum absolute atomic E-state index is 0.0688. The lowest BCUT2D eigenvalue weighted by atomic mass is 10.0. The lowest BCUT2D eigenvalue weighted by molar-refractivity contribution is 0.0629. The van der Waals surface area contributed by atoms with E-state index in [4.69, 9.17) is 4.98 Å². The number of fused-ring (bicyclic) bond motifs is 1. The number of carbonyl (C=O) groups is 1. The van der Waals surface area contributed by atoms with Gasteiger partial charge in [-0.05, 0) is 62.8 Å². The summed E-state index contributed by atoms with van der Waals surface area (Å²) >= 11 is 0. The third-order valence-corrected chi connectivity index (χ3v) is 5.40. The van der Waals surface area contributed by atoms with E-state index < -0.39 is 0 Å². The van der Waals surface area contributed by atoms with Crippen LogP contribution in [0.15, 0.2) is 42.5 Å². The molecule has 2 aliphatic heterocycles. The number of para-hydroxylation sites is 1. The SMILES string of the molecule is CC1CCCCN1C(=O)c1cccc(N2CCCc3ccccc32)n1. The Morgan fingerprint density at radius 2 is 1.92 bits per heavy atom. The van der Waals surface area contributed by atoms with Crippen molar-refractivity contribution in [2.45, 2.75) is 45.1 Å². The van der Waals surface area contributed by atoms with Gasteiger partial charge in [0.2, 0.25) is 0 Å². The molecule has 1 aromatic carbocycles. The molecule has 0 bridgehead atoms. The predicted molar refractivity (Wildman–Crippen MR) is 100 cm³/mol. The van der Waals surface area contributed by atoms with Crippen LogP contribution in [0.5, 0.6) is 0 Å². The molecule has 1 saturated heterocycles. The van der Waals surface area contributed by atoms with E-state index in [1.165, 1.54) is 17.7 Å². The summed E-state index contributed by atoms with van der Waals surface area (Å²) in [5, 5.41) is 0. The highest BCUT2D eigenvalue weighted by atomic mass is 16.2. The molecule has 0 aliphatic carbocycles. The van der Waals surface area contributed by atoms with Crippen molar-refractivity contribution in [3.05, 3.63) is 53.7 Å². The molecule has 1 fully saturated rings. The van der Waals surface area contributed by atoms with Crippen molar-refractivity contribution in [2.24, 2.45) is 0 Å². The molecule has 1 amide bonds. The Hall–Kier alpha value is -2.36. The van der Waals surface area contributed by atoms with E-state index in [0.29, 0.717) is 11.7 Å². The van der Waals surface area contributed by atoms with Crippen LogP contribution in [0.3, 0.4) is 0 Å². The van der Waals surface area contributed by atoms with Crippen LogP contribution in [-0.4, -0.2) is 34.9 Å². The number of anilines is 2. The van der Waals surface area contributed by atoms with E-state index in [2.05, 4.69) is 36.1 Å². The molecule has 3 heterocycles. The summed E-state index contributed by atoms with van der Waals surface area (Å²) in [6.45, 7) is 3.93. The van der Waals surface area contributed by atoms with E-state index in [0.717, 1.165) is 44.6 Å². The number of hydrogen-bond donors (Lipinski definition) is 0. The number of nitrogens with zero attached hydrogens (tertiary/aromatic N) is 3. The van der Waals surface area contributed by atoms with Crippen molar-refractivity contribution in [1.82, 2.24) is 9.88 Å². The summed E-state index contributed by atoms with van der Waals surface area (Å²) in [5.74, 6) is 0.946. The van der Waals surface area contributed by atoms with Gasteiger partial charge in [-0.1, -0.05) is 24.3 Å². The second-order valence-electron chi connectivity index (χ2n) is 7.11. The molecule has 4 nitrogen and oxygen atoms in total. The zero-order valence-corrected chi connectivity index (χ0v) is 14.8. The number of piperidine rings is 1. The van der Waals surface area contributed by atoms with Gasteiger partial charge in [-0.2, -0.15) is 0 Å². The molecule has 0 saturated carbocycles. The number of likely N-dealkylation sites (tertiary alicyclic amines) is 1. The molecular weight excluding hydrogens is 310 g/mol. The number of aromatic nitrogens is 1. The van der Waals surface area contributed by atoms with Gasteiger partial charge in [0.05, 0.1) is 0 Å². The van der Waals surface area contributed by atoms with Gasteiger partial charge in [0.25, 0.3) is 5.91 Å². The lowest BCUT2D eigenvalue weighted by Gasteiger charge is -2.34. The quantitative estimate of drug-likeness (QED) is 0.826. The fourth-order valence-electron chi connectivity index (χ4n) is 4.01. The summed E-state index contributed by atoms with van der Waals surface area (Å²) < 4.78 is 0. The Balaban J connectivity index is 1.63. The number of rotatable bonds is 2. The second kappa shape index (κ2) is 6.87. The van der Waals surface area contributed by atoms with Crippen LogP contribution in [0.25, 0.3) is 0 Å². The van der Waals surface area contributed by atoms with Crippen LogP contribution in [0.2, 0.25) is 0 Å². The van der Waals surface area contributed by atoms with Crippen molar-refractivity contribution < 1.29 is 4.79 Å². The van der Waals surface area contributed by atoms with Gasteiger partial charge >= 0.3 is 0 Å². The normalized spacial score (nSPS) is 20.3. The van der Waals surface area contributed by atoms with Crippen LogP contribution in [0, 0.1) is 0 Å². The van der Waals surface area contributed by atoms with Crippen molar-refractivity contribution in [3.8, 4) is 0 Å². The van der Waals surface area contributed by atoms with Gasteiger partial charge < -0.3 is 9.80 Å². The third kappa shape index (κ3) is 3.13. The zero-order chi connectivity index (χ0) is 17.2. The Bertz CT molecular complexity index is 773. The highest BCUT2D eigenvalue weighted by Crippen LogP contribution is 2.32. The molecule has 0 radical (unpaired) electrons. The van der Waals surface area contributed by atoms with Crippen molar-refractivity contribution in [3.63, 3.8) is 0 Å². The highest BCUT2D eigenvalue weighted by Gasteiger charge is 2.26. The van der Waals surface area contributed by atoms with E-state index in [1.807, 2.05) is 23.1 Å². The molecule has 0 N–H and O–H groups in total. The molecule has 0 spiro atoms. The van der Waals surface area contributed by atoms with Gasteiger partial charge in [0.15, 0.2) is 0 Å². The monoisotopic (exact) mass is 335 g/mol. The first-order valence-corrected chi connectivity index (χ1v) is 9.37. The fourth-order valence-corrected chi connectivity index (χ4v) is 4.01. The Kier molecular flexibility index (Phi) is 4.43. The summed E-state index contributed by atoms with van der Waals surface area (Å²) in [5.41, 5.74) is 3.14. The lowest BCUT2D eigenvalue weighted by Crippen LogP contribution is -2.42. The van der Waals surface area contributed by atoms with Gasteiger partial charge in [-0.3, -0.25) is 4.79 Å². The van der Waals surface area contributed by atoms with Crippen LogP contribution in [-0.2, 0) is 6.42 Å². The minimum Gasteiger partial charge on any atom is -0.335 e. The summed E-state index contributed by atoms with van der Waals surface area (Å²) in [6.07, 6.45) is 5.61. The van der Waals surface area contributed by atoms with Crippen molar-refractivity contribution in [2.75, 3.05) is 18.0 Å². The molecule has 2 aliphatic rings. The molecule has 2 aromatic rings. The minimum atomic E-state index is 0.0688. The first kappa shape index (κ1) is 16.1. The average Bonchev–Trinajstić information content (AvgIpc) is 2.67. The van der Waals surface area contributed by atoms with Crippen molar-refractivity contribution in [1.29, 1.82) is 0 Å². The standard InChI is InChI=1S/C21H25N3O/c1-16-8-4-5-14-23(16)21(25)18-11-6-13-20(22-18)24-15-7-10-17-9-2-3-12-19(17)24/h2-3,6,9,11-13,16H,4-5,7-8,10,14-15H2,1H3. The maximum Gasteiger partial charge on any atom is 0.272 e. The summed E-state index contributed by atoms with van der Waals surface area (Å²) in [6, 6.07) is 14.6. The van der Waals surface area contributed by atoms with E-state index in [1.54, 1.807) is 0 Å². The Morgan fingerprint density at radius 1 is 1.04 bits per heavy atom. The molecular formula is C21H25N3O. The Morgan fingerprint density at radius 3 is 2.80 bits per heavy atom. The average molecular weight is 335 g/mol. The van der Waals surface area contributed by atoms with Crippen LogP contribution in [0.4, 0.5) is 11.5 Å². The van der Waals surface area contributed by atoms with Gasteiger partial charge in [-0.25, -0.2) is 4.98 Å². The maximum atomic E-state index is 12.9. The molecule has 1 unspecified atom stereocenters. The Labute approximate surface area is 149 Å². The summed E-state index contributed by atoms with van der Waals surface area (Å²) in [4.78, 5) is 21.9. The number of amides is 1. The molecule has 130 valence electrons. The van der Waals surface area contributed by atoms with Crippen LogP contribution < -0.4 is 4.90 Å². The van der Waals surface area contributed by atoms with Crippen molar-refractivity contribution >= 4 is 17.4 Å².